The Morgan fingerprint density at radius 3 is 2.40 bits per heavy atom. The van der Waals surface area contributed by atoms with Crippen LogP contribution in [-0.4, -0.2) is 51.0 Å². The predicted octanol–water partition coefficient (Wildman–Crippen LogP) is 3.63. The molecule has 6 unspecified atom stereocenters. The molecule has 2 aromatic carbocycles. The van der Waals surface area contributed by atoms with Crippen LogP contribution in [0.15, 0.2) is 73.3 Å². The summed E-state index contributed by atoms with van der Waals surface area (Å²) >= 11 is 0. The van der Waals surface area contributed by atoms with Crippen molar-refractivity contribution in [2.45, 2.75) is 43.6 Å². The van der Waals surface area contributed by atoms with Crippen molar-refractivity contribution in [1.29, 1.82) is 0 Å². The van der Waals surface area contributed by atoms with E-state index in [1.54, 1.807) is 13.2 Å². The van der Waals surface area contributed by atoms with E-state index < -0.39 is 24.8 Å². The second-order valence-electron chi connectivity index (χ2n) is 7.30. The lowest BCUT2D eigenvalue weighted by Gasteiger charge is -2.48. The molecule has 4 rings (SSSR count). The van der Waals surface area contributed by atoms with Crippen molar-refractivity contribution in [2.24, 2.45) is 0 Å². The Balaban J connectivity index is 1.56. The van der Waals surface area contributed by atoms with Gasteiger partial charge in [0.1, 0.15) is 24.4 Å². The third-order valence-corrected chi connectivity index (χ3v) is 5.28. The number of rotatable bonds is 8. The van der Waals surface area contributed by atoms with E-state index in [-0.39, 0.29) is 12.2 Å². The monoisotopic (exact) mass is 412 g/mol. The van der Waals surface area contributed by atoms with Crippen LogP contribution in [0, 0.1) is 0 Å². The lowest BCUT2D eigenvalue weighted by Crippen LogP contribution is -2.63. The molecule has 0 bridgehead atoms. The second kappa shape index (κ2) is 10.3. The fraction of sp³-hybridized carbons (Fsp3) is 0.417. The van der Waals surface area contributed by atoms with Crippen LogP contribution in [0.2, 0.25) is 0 Å². The molecule has 2 aromatic rings. The summed E-state index contributed by atoms with van der Waals surface area (Å²) in [5.74, 6) is 0. The lowest BCUT2D eigenvalue weighted by molar-refractivity contribution is -0.367. The molecule has 6 nitrogen and oxygen atoms in total. The van der Waals surface area contributed by atoms with Crippen molar-refractivity contribution in [3.05, 3.63) is 84.4 Å². The summed E-state index contributed by atoms with van der Waals surface area (Å²) in [6.45, 7) is 4.91. The number of methoxy groups -OCH3 is 1. The molecule has 2 heterocycles. The van der Waals surface area contributed by atoms with Gasteiger partial charge in [0.25, 0.3) is 0 Å². The highest BCUT2D eigenvalue weighted by molar-refractivity contribution is 5.17. The molecule has 2 aliphatic rings. The number of fused-ring (bicyclic) bond motifs is 1. The third-order valence-electron chi connectivity index (χ3n) is 5.28. The van der Waals surface area contributed by atoms with Crippen LogP contribution in [0.4, 0.5) is 0 Å². The summed E-state index contributed by atoms with van der Waals surface area (Å²) in [6.07, 6.45) is -0.930. The molecule has 0 N–H and O–H groups in total. The molecule has 6 atom stereocenters. The topological polar surface area (TPSA) is 55.4 Å². The molecule has 30 heavy (non-hydrogen) atoms. The number of ether oxygens (including phenoxy) is 6. The summed E-state index contributed by atoms with van der Waals surface area (Å²) in [6, 6.07) is 19.9. The minimum atomic E-state index is -0.590. The minimum absolute atomic E-state index is 0.320. The number of hydrogen-bond donors (Lipinski definition) is 0. The van der Waals surface area contributed by atoms with Gasteiger partial charge in [-0.1, -0.05) is 66.7 Å². The summed E-state index contributed by atoms with van der Waals surface area (Å²) in [5, 5.41) is 0. The molecule has 160 valence electrons. The van der Waals surface area contributed by atoms with Gasteiger partial charge in [-0.15, -0.1) is 6.58 Å². The Hall–Kier alpha value is -2.06. The lowest BCUT2D eigenvalue weighted by atomic mass is 9.97. The molecule has 0 amide bonds. The Morgan fingerprint density at radius 1 is 0.967 bits per heavy atom. The molecule has 0 spiro atoms. The van der Waals surface area contributed by atoms with Crippen molar-refractivity contribution < 1.29 is 28.4 Å². The molecule has 0 radical (unpaired) electrons. The molecule has 0 saturated carbocycles. The molecule has 6 heteroatoms. The van der Waals surface area contributed by atoms with Crippen LogP contribution in [0.3, 0.4) is 0 Å². The van der Waals surface area contributed by atoms with Crippen LogP contribution in [-0.2, 0) is 35.0 Å². The van der Waals surface area contributed by atoms with E-state index in [1.807, 2.05) is 60.7 Å². The molecule has 0 aliphatic carbocycles. The summed E-state index contributed by atoms with van der Waals surface area (Å²) in [5.41, 5.74) is 2.03. The van der Waals surface area contributed by atoms with Crippen LogP contribution in [0.25, 0.3) is 0 Å². The van der Waals surface area contributed by atoms with E-state index in [2.05, 4.69) is 6.58 Å². The largest absolute Gasteiger partial charge is 0.368 e. The Morgan fingerprint density at radius 2 is 1.70 bits per heavy atom. The van der Waals surface area contributed by atoms with Crippen molar-refractivity contribution in [3.8, 4) is 0 Å². The van der Waals surface area contributed by atoms with E-state index in [9.17, 15) is 0 Å². The smallest absolute Gasteiger partial charge is 0.186 e. The highest BCUT2D eigenvalue weighted by atomic mass is 16.8. The van der Waals surface area contributed by atoms with Crippen molar-refractivity contribution in [2.75, 3.05) is 20.3 Å². The standard InChI is InChI=1S/C24H28O6/c1-3-14-26-22-21(27-15-17-10-6-4-7-11-17)20-19(29-24(22)25-2)16-28-23(30-20)18-12-8-5-9-13-18/h3-13,19-24H,1,14-16H2,2H3. The van der Waals surface area contributed by atoms with Gasteiger partial charge in [-0.05, 0) is 5.56 Å². The first-order valence-corrected chi connectivity index (χ1v) is 10.2. The maximum absolute atomic E-state index is 6.36. The Kier molecular flexibility index (Phi) is 7.28. The Bertz CT molecular complexity index is 783. The van der Waals surface area contributed by atoms with Gasteiger partial charge in [-0.25, -0.2) is 0 Å². The minimum Gasteiger partial charge on any atom is -0.368 e. The van der Waals surface area contributed by atoms with Gasteiger partial charge < -0.3 is 28.4 Å². The third kappa shape index (κ3) is 4.81. The van der Waals surface area contributed by atoms with Gasteiger partial charge in [-0.3, -0.25) is 0 Å². The fourth-order valence-corrected chi connectivity index (χ4v) is 3.83. The van der Waals surface area contributed by atoms with Crippen molar-refractivity contribution in [1.82, 2.24) is 0 Å². The summed E-state index contributed by atoms with van der Waals surface area (Å²) in [7, 11) is 1.60. The second-order valence-corrected chi connectivity index (χ2v) is 7.30. The summed E-state index contributed by atoms with van der Waals surface area (Å²) < 4.78 is 36.3. The SMILES string of the molecule is C=CCOC1C(OC)OC2COC(c3ccccc3)OC2C1OCc1ccccc1. The Labute approximate surface area is 177 Å². The first-order chi connectivity index (χ1) is 14.8. The maximum Gasteiger partial charge on any atom is 0.186 e. The van der Waals surface area contributed by atoms with E-state index in [1.165, 1.54) is 0 Å². The zero-order valence-electron chi connectivity index (χ0n) is 17.1. The predicted molar refractivity (Wildman–Crippen MR) is 111 cm³/mol. The summed E-state index contributed by atoms with van der Waals surface area (Å²) in [4.78, 5) is 0. The van der Waals surface area contributed by atoms with E-state index in [0.29, 0.717) is 19.8 Å². The van der Waals surface area contributed by atoms with Crippen LogP contribution in [0.1, 0.15) is 17.4 Å². The van der Waals surface area contributed by atoms with Gasteiger partial charge in [0.05, 0.1) is 19.8 Å². The van der Waals surface area contributed by atoms with Gasteiger partial charge >= 0.3 is 0 Å². The van der Waals surface area contributed by atoms with Crippen LogP contribution < -0.4 is 0 Å². The first-order valence-electron chi connectivity index (χ1n) is 10.2. The highest BCUT2D eigenvalue weighted by Gasteiger charge is 2.51. The fourth-order valence-electron chi connectivity index (χ4n) is 3.83. The van der Waals surface area contributed by atoms with Crippen LogP contribution >= 0.6 is 0 Å². The van der Waals surface area contributed by atoms with Gasteiger partial charge in [0, 0.05) is 12.7 Å². The van der Waals surface area contributed by atoms with E-state index in [0.717, 1.165) is 11.1 Å². The normalized spacial score (nSPS) is 31.1. The molecule has 0 aromatic heterocycles. The quantitative estimate of drug-likeness (QED) is 0.617. The molecular weight excluding hydrogens is 384 g/mol. The molecule has 2 saturated heterocycles. The molecular formula is C24H28O6. The number of benzene rings is 2. The number of hydrogen-bond acceptors (Lipinski definition) is 6. The maximum atomic E-state index is 6.36. The molecule has 2 aliphatic heterocycles. The highest BCUT2D eigenvalue weighted by Crippen LogP contribution is 2.36. The van der Waals surface area contributed by atoms with Gasteiger partial charge in [0.15, 0.2) is 12.6 Å². The molecule has 2 fully saturated rings. The van der Waals surface area contributed by atoms with Crippen LogP contribution in [0.5, 0.6) is 0 Å². The van der Waals surface area contributed by atoms with Crippen molar-refractivity contribution in [3.63, 3.8) is 0 Å². The zero-order valence-corrected chi connectivity index (χ0v) is 17.1. The van der Waals surface area contributed by atoms with Gasteiger partial charge in [-0.2, -0.15) is 0 Å². The van der Waals surface area contributed by atoms with Gasteiger partial charge in [0.2, 0.25) is 0 Å². The van der Waals surface area contributed by atoms with E-state index >= 15 is 0 Å². The zero-order chi connectivity index (χ0) is 20.8. The average molecular weight is 412 g/mol. The first kappa shape index (κ1) is 21.2. The average Bonchev–Trinajstić information content (AvgIpc) is 2.82. The van der Waals surface area contributed by atoms with E-state index in [4.69, 9.17) is 28.4 Å². The van der Waals surface area contributed by atoms with Crippen molar-refractivity contribution >= 4 is 0 Å².